The Morgan fingerprint density at radius 1 is 1.30 bits per heavy atom. The summed E-state index contributed by atoms with van der Waals surface area (Å²) >= 11 is 0. The first-order valence-corrected chi connectivity index (χ1v) is 8.54. The van der Waals surface area contributed by atoms with E-state index in [9.17, 15) is 4.79 Å². The second-order valence-corrected chi connectivity index (χ2v) is 6.72. The van der Waals surface area contributed by atoms with E-state index < -0.39 is 0 Å². The zero-order chi connectivity index (χ0) is 15.6. The topological polar surface area (TPSA) is 61.9 Å². The largest absolute Gasteiger partial charge is 0.306 e. The molecule has 4 rings (SSSR count). The van der Waals surface area contributed by atoms with E-state index in [1.165, 1.54) is 25.7 Å². The van der Waals surface area contributed by atoms with Gasteiger partial charge < -0.3 is 4.98 Å². The molecule has 0 spiro atoms. The maximum Gasteiger partial charge on any atom is 0.254 e. The minimum atomic E-state index is 0.00868. The van der Waals surface area contributed by atoms with Crippen molar-refractivity contribution in [3.8, 4) is 11.4 Å². The van der Waals surface area contributed by atoms with Crippen LogP contribution in [0.2, 0.25) is 0 Å². The average molecular weight is 310 g/mol. The molecule has 1 saturated carbocycles. The molecule has 0 radical (unpaired) electrons. The van der Waals surface area contributed by atoms with Gasteiger partial charge >= 0.3 is 0 Å². The fraction of sp³-hybridized carbons (Fsp3) is 0.500. The Bertz CT molecular complexity index is 734. The number of H-pyrrole nitrogens is 1. The van der Waals surface area contributed by atoms with E-state index in [-0.39, 0.29) is 5.56 Å². The summed E-state index contributed by atoms with van der Waals surface area (Å²) in [6.07, 6.45) is 9.72. The third-order valence-electron chi connectivity index (χ3n) is 5.08. The third kappa shape index (κ3) is 3.06. The third-order valence-corrected chi connectivity index (χ3v) is 5.08. The Balaban J connectivity index is 1.59. The van der Waals surface area contributed by atoms with Crippen molar-refractivity contribution in [3.63, 3.8) is 0 Å². The smallest absolute Gasteiger partial charge is 0.254 e. The lowest BCUT2D eigenvalue weighted by Gasteiger charge is -2.29. The normalized spacial score (nSPS) is 19.0. The van der Waals surface area contributed by atoms with Crippen LogP contribution in [0.3, 0.4) is 0 Å². The average Bonchev–Trinajstić information content (AvgIpc) is 3.08. The highest BCUT2D eigenvalue weighted by atomic mass is 16.1. The molecule has 1 N–H and O–H groups in total. The van der Waals surface area contributed by atoms with Crippen molar-refractivity contribution in [2.45, 2.75) is 38.6 Å². The lowest BCUT2D eigenvalue weighted by molar-refractivity contribution is 0.211. The molecule has 1 fully saturated rings. The molecule has 2 aromatic heterocycles. The predicted molar refractivity (Wildman–Crippen MR) is 89.0 cm³/mol. The highest BCUT2D eigenvalue weighted by Crippen LogP contribution is 2.27. The van der Waals surface area contributed by atoms with E-state index in [4.69, 9.17) is 4.98 Å². The zero-order valence-corrected chi connectivity index (χ0v) is 13.3. The number of aromatic amines is 1. The zero-order valence-electron chi connectivity index (χ0n) is 13.3. The minimum Gasteiger partial charge on any atom is -0.306 e. The number of aromatic nitrogens is 3. The summed E-state index contributed by atoms with van der Waals surface area (Å²) < 4.78 is 0. The molecule has 0 unspecified atom stereocenters. The summed E-state index contributed by atoms with van der Waals surface area (Å²) in [5.41, 5.74) is 2.67. The van der Waals surface area contributed by atoms with Crippen LogP contribution >= 0.6 is 0 Å². The van der Waals surface area contributed by atoms with Crippen LogP contribution in [0.1, 0.15) is 36.9 Å². The second kappa shape index (κ2) is 6.24. The van der Waals surface area contributed by atoms with Gasteiger partial charge in [-0.1, -0.05) is 12.8 Å². The number of fused-ring (bicyclic) bond motifs is 1. The van der Waals surface area contributed by atoms with Gasteiger partial charge in [-0.05, 0) is 37.3 Å². The predicted octanol–water partition coefficient (Wildman–Crippen LogP) is 2.38. The maximum atomic E-state index is 12.4. The van der Waals surface area contributed by atoms with Crippen LogP contribution < -0.4 is 5.56 Å². The van der Waals surface area contributed by atoms with Crippen molar-refractivity contribution in [1.82, 2.24) is 19.9 Å². The van der Waals surface area contributed by atoms with Gasteiger partial charge in [-0.2, -0.15) is 0 Å². The molecule has 1 aliphatic carbocycles. The van der Waals surface area contributed by atoms with Crippen LogP contribution in [0, 0.1) is 5.92 Å². The first-order valence-electron chi connectivity index (χ1n) is 8.54. The van der Waals surface area contributed by atoms with Gasteiger partial charge in [0.2, 0.25) is 0 Å². The van der Waals surface area contributed by atoms with Gasteiger partial charge in [0.25, 0.3) is 5.56 Å². The molecule has 5 heteroatoms. The molecule has 1 aliphatic heterocycles. The van der Waals surface area contributed by atoms with Crippen molar-refractivity contribution in [3.05, 3.63) is 46.1 Å². The molecule has 2 aromatic rings. The molecule has 0 saturated heterocycles. The second-order valence-electron chi connectivity index (χ2n) is 6.72. The van der Waals surface area contributed by atoms with E-state index in [0.717, 1.165) is 48.8 Å². The number of hydrogen-bond acceptors (Lipinski definition) is 4. The van der Waals surface area contributed by atoms with Gasteiger partial charge in [0.1, 0.15) is 5.82 Å². The van der Waals surface area contributed by atoms with E-state index in [1.54, 1.807) is 12.4 Å². The standard InChI is InChI=1S/C18H22N4O/c23-18-15-7-9-22(11-13-4-1-2-5-13)12-16(15)20-17(21-18)14-6-3-8-19-10-14/h3,6,8,10,13H,1-2,4-5,7,9,11-12H2,(H,20,21,23). The molecule has 120 valence electrons. The summed E-state index contributed by atoms with van der Waals surface area (Å²) in [4.78, 5) is 26.6. The van der Waals surface area contributed by atoms with Crippen LogP contribution in [0.25, 0.3) is 11.4 Å². The number of hydrogen-bond donors (Lipinski definition) is 1. The van der Waals surface area contributed by atoms with Gasteiger partial charge in [-0.3, -0.25) is 14.7 Å². The number of nitrogens with zero attached hydrogens (tertiary/aromatic N) is 3. The number of rotatable bonds is 3. The molecule has 0 amide bonds. The summed E-state index contributed by atoms with van der Waals surface area (Å²) in [5.74, 6) is 1.46. The van der Waals surface area contributed by atoms with Crippen molar-refractivity contribution < 1.29 is 0 Å². The highest BCUT2D eigenvalue weighted by molar-refractivity contribution is 5.53. The summed E-state index contributed by atoms with van der Waals surface area (Å²) in [5, 5.41) is 0. The molecular weight excluding hydrogens is 288 g/mol. The fourth-order valence-corrected chi connectivity index (χ4v) is 3.85. The van der Waals surface area contributed by atoms with Crippen LogP contribution in [0.5, 0.6) is 0 Å². The monoisotopic (exact) mass is 310 g/mol. The van der Waals surface area contributed by atoms with Gasteiger partial charge in [0, 0.05) is 43.2 Å². The molecule has 3 heterocycles. The Morgan fingerprint density at radius 2 is 2.17 bits per heavy atom. The van der Waals surface area contributed by atoms with Crippen LogP contribution in [-0.4, -0.2) is 32.9 Å². The molecular formula is C18H22N4O. The van der Waals surface area contributed by atoms with Gasteiger partial charge in [-0.25, -0.2) is 4.98 Å². The van der Waals surface area contributed by atoms with E-state index in [2.05, 4.69) is 14.9 Å². The summed E-state index contributed by atoms with van der Waals surface area (Å²) in [6.45, 7) is 2.92. The Hall–Kier alpha value is -2.01. The van der Waals surface area contributed by atoms with Crippen molar-refractivity contribution in [2.75, 3.05) is 13.1 Å². The molecule has 0 bridgehead atoms. The fourth-order valence-electron chi connectivity index (χ4n) is 3.85. The van der Waals surface area contributed by atoms with Crippen LogP contribution in [0.15, 0.2) is 29.3 Å². The highest BCUT2D eigenvalue weighted by Gasteiger charge is 2.24. The SMILES string of the molecule is O=c1[nH]c(-c2cccnc2)nc2c1CCN(CC1CCCC1)C2. The number of nitrogens with one attached hydrogen (secondary N) is 1. The van der Waals surface area contributed by atoms with Crippen molar-refractivity contribution in [1.29, 1.82) is 0 Å². The van der Waals surface area contributed by atoms with Gasteiger partial charge in [-0.15, -0.1) is 0 Å². The van der Waals surface area contributed by atoms with Crippen molar-refractivity contribution >= 4 is 0 Å². The van der Waals surface area contributed by atoms with Gasteiger partial charge in [0.05, 0.1) is 5.69 Å². The molecule has 0 atom stereocenters. The van der Waals surface area contributed by atoms with Crippen LogP contribution in [-0.2, 0) is 13.0 Å². The van der Waals surface area contributed by atoms with E-state index in [1.807, 2.05) is 12.1 Å². The van der Waals surface area contributed by atoms with E-state index in [0.29, 0.717) is 5.82 Å². The van der Waals surface area contributed by atoms with Crippen molar-refractivity contribution in [2.24, 2.45) is 5.92 Å². The Morgan fingerprint density at radius 3 is 2.96 bits per heavy atom. The first-order chi connectivity index (χ1) is 11.3. The molecule has 0 aromatic carbocycles. The minimum absolute atomic E-state index is 0.00868. The molecule has 5 nitrogen and oxygen atoms in total. The Labute approximate surface area is 135 Å². The quantitative estimate of drug-likeness (QED) is 0.945. The lowest BCUT2D eigenvalue weighted by Crippen LogP contribution is -2.37. The van der Waals surface area contributed by atoms with Gasteiger partial charge in [0.15, 0.2) is 0 Å². The summed E-state index contributed by atoms with van der Waals surface area (Å²) in [6, 6.07) is 3.79. The lowest BCUT2D eigenvalue weighted by atomic mass is 10.0. The summed E-state index contributed by atoms with van der Waals surface area (Å²) in [7, 11) is 0. The molecule has 23 heavy (non-hydrogen) atoms. The Kier molecular flexibility index (Phi) is 3.95. The maximum absolute atomic E-state index is 12.4. The number of pyridine rings is 1. The molecule has 2 aliphatic rings. The van der Waals surface area contributed by atoms with E-state index >= 15 is 0 Å². The first kappa shape index (κ1) is 14.6. The van der Waals surface area contributed by atoms with Crippen LogP contribution in [0.4, 0.5) is 0 Å².